The Balaban J connectivity index is 1.83. The molecule has 0 spiro atoms. The summed E-state index contributed by atoms with van der Waals surface area (Å²) in [4.78, 5) is 27.2. The van der Waals surface area contributed by atoms with Gasteiger partial charge in [0.2, 0.25) is 0 Å². The number of anilines is 1. The van der Waals surface area contributed by atoms with Crippen LogP contribution in [-0.2, 0) is 0 Å². The second-order valence-electron chi connectivity index (χ2n) is 6.06. The first-order chi connectivity index (χ1) is 12.1. The van der Waals surface area contributed by atoms with Gasteiger partial charge in [0.1, 0.15) is 5.69 Å². The Kier molecular flexibility index (Phi) is 4.87. The van der Waals surface area contributed by atoms with E-state index in [9.17, 15) is 9.59 Å². The van der Waals surface area contributed by atoms with Gasteiger partial charge in [0.25, 0.3) is 5.91 Å². The van der Waals surface area contributed by atoms with Crippen molar-refractivity contribution in [3.8, 4) is 0 Å². The fourth-order valence-electron chi connectivity index (χ4n) is 3.08. The standard InChI is InChI=1S/C17H20N6O2/c1-12-7-8-14(23-19-9-13(11-24)21-23)10-22(12)17(25)15-5-3-4-6-16(15)20-18-2/h3-6,9,11-12,14,20H,2,7-8,10H2,1H3/t12-,14-/m1/s1. The van der Waals surface area contributed by atoms with E-state index in [0.717, 1.165) is 12.8 Å². The van der Waals surface area contributed by atoms with E-state index in [1.165, 1.54) is 11.0 Å². The first kappa shape index (κ1) is 16.8. The molecule has 1 aliphatic heterocycles. The van der Waals surface area contributed by atoms with Crippen molar-refractivity contribution >= 4 is 24.6 Å². The molecule has 1 fully saturated rings. The second-order valence-corrected chi connectivity index (χ2v) is 6.06. The van der Waals surface area contributed by atoms with Crippen LogP contribution in [-0.4, -0.2) is 51.4 Å². The number of hydrogen-bond donors (Lipinski definition) is 1. The number of carbonyl (C=O) groups is 2. The number of likely N-dealkylation sites (tertiary alicyclic amines) is 1. The molecule has 8 heteroatoms. The molecule has 2 aromatic rings. The first-order valence-corrected chi connectivity index (χ1v) is 8.12. The fraction of sp³-hybridized carbons (Fsp3) is 0.353. The molecule has 130 valence electrons. The topological polar surface area (TPSA) is 92.5 Å². The first-order valence-electron chi connectivity index (χ1n) is 8.12. The quantitative estimate of drug-likeness (QED) is 0.510. The molecule has 1 aromatic carbocycles. The lowest BCUT2D eigenvalue weighted by Crippen LogP contribution is -2.46. The van der Waals surface area contributed by atoms with Gasteiger partial charge in [-0.2, -0.15) is 20.1 Å². The van der Waals surface area contributed by atoms with Crippen molar-refractivity contribution in [2.45, 2.75) is 31.8 Å². The molecular weight excluding hydrogens is 320 g/mol. The maximum absolute atomic E-state index is 13.1. The molecule has 0 saturated carbocycles. The molecule has 25 heavy (non-hydrogen) atoms. The minimum Gasteiger partial charge on any atom is -0.334 e. The van der Waals surface area contributed by atoms with Gasteiger partial charge in [-0.25, -0.2) is 0 Å². The lowest BCUT2D eigenvalue weighted by Gasteiger charge is -2.37. The molecule has 1 aromatic heterocycles. The number of nitrogens with one attached hydrogen (secondary N) is 1. The van der Waals surface area contributed by atoms with Crippen molar-refractivity contribution in [2.24, 2.45) is 5.10 Å². The van der Waals surface area contributed by atoms with Crippen LogP contribution in [0.1, 0.15) is 46.7 Å². The molecular formula is C17H20N6O2. The van der Waals surface area contributed by atoms with Gasteiger partial charge in [-0.15, -0.1) is 0 Å². The Morgan fingerprint density at radius 1 is 1.40 bits per heavy atom. The third kappa shape index (κ3) is 3.42. The molecule has 0 bridgehead atoms. The Bertz CT molecular complexity index is 787. The fourth-order valence-corrected chi connectivity index (χ4v) is 3.08. The summed E-state index contributed by atoms with van der Waals surface area (Å²) in [6.07, 6.45) is 3.80. The largest absolute Gasteiger partial charge is 0.334 e. The molecule has 1 N–H and O–H groups in total. The van der Waals surface area contributed by atoms with Crippen LogP contribution in [0, 0.1) is 0 Å². The van der Waals surface area contributed by atoms with E-state index < -0.39 is 0 Å². The van der Waals surface area contributed by atoms with Gasteiger partial charge in [-0.05, 0) is 31.9 Å². The number of aromatic nitrogens is 3. The lowest BCUT2D eigenvalue weighted by atomic mass is 9.98. The normalized spacial score (nSPS) is 20.1. The van der Waals surface area contributed by atoms with Crippen molar-refractivity contribution in [1.82, 2.24) is 19.9 Å². The second kappa shape index (κ2) is 7.25. The van der Waals surface area contributed by atoms with Crippen LogP contribution in [0.4, 0.5) is 5.69 Å². The van der Waals surface area contributed by atoms with Crippen molar-refractivity contribution in [2.75, 3.05) is 12.0 Å². The number of nitrogens with zero attached hydrogens (tertiary/aromatic N) is 5. The van der Waals surface area contributed by atoms with Crippen LogP contribution in [0.15, 0.2) is 35.6 Å². The molecule has 0 unspecified atom stereocenters. The average Bonchev–Trinajstić information content (AvgIpc) is 3.11. The molecule has 0 radical (unpaired) electrons. The zero-order valence-electron chi connectivity index (χ0n) is 14.0. The zero-order valence-corrected chi connectivity index (χ0v) is 14.0. The maximum Gasteiger partial charge on any atom is 0.256 e. The summed E-state index contributed by atoms with van der Waals surface area (Å²) in [5.74, 6) is -0.0771. The van der Waals surface area contributed by atoms with Gasteiger partial charge in [-0.1, -0.05) is 12.1 Å². The van der Waals surface area contributed by atoms with E-state index in [-0.39, 0.29) is 18.0 Å². The number of piperidine rings is 1. The highest BCUT2D eigenvalue weighted by Gasteiger charge is 2.32. The number of hydrazone groups is 1. The van der Waals surface area contributed by atoms with Gasteiger partial charge in [0.15, 0.2) is 6.29 Å². The van der Waals surface area contributed by atoms with Crippen LogP contribution >= 0.6 is 0 Å². The summed E-state index contributed by atoms with van der Waals surface area (Å²) in [6, 6.07) is 7.27. The summed E-state index contributed by atoms with van der Waals surface area (Å²) < 4.78 is 0. The summed E-state index contributed by atoms with van der Waals surface area (Å²) in [5.41, 5.74) is 4.23. The third-order valence-corrected chi connectivity index (χ3v) is 4.45. The molecule has 1 aliphatic rings. The van der Waals surface area contributed by atoms with Gasteiger partial charge in [0, 0.05) is 19.3 Å². The van der Waals surface area contributed by atoms with Crippen LogP contribution in [0.5, 0.6) is 0 Å². The van der Waals surface area contributed by atoms with Crippen LogP contribution in [0.2, 0.25) is 0 Å². The number of aldehydes is 1. The van der Waals surface area contributed by atoms with Crippen LogP contribution < -0.4 is 5.43 Å². The highest BCUT2D eigenvalue weighted by atomic mass is 16.2. The predicted molar refractivity (Wildman–Crippen MR) is 93.8 cm³/mol. The van der Waals surface area contributed by atoms with E-state index in [1.807, 2.05) is 24.0 Å². The summed E-state index contributed by atoms with van der Waals surface area (Å²) in [5, 5.41) is 12.0. The smallest absolute Gasteiger partial charge is 0.256 e. The molecule has 2 atom stereocenters. The average molecular weight is 340 g/mol. The number of benzene rings is 1. The minimum atomic E-state index is -0.0771. The van der Waals surface area contributed by atoms with Crippen molar-refractivity contribution in [3.05, 3.63) is 41.7 Å². The highest BCUT2D eigenvalue weighted by molar-refractivity contribution is 5.99. The number of hydrogen-bond acceptors (Lipinski definition) is 6. The Hall–Kier alpha value is -3.03. The van der Waals surface area contributed by atoms with Gasteiger partial charge in [-0.3, -0.25) is 15.0 Å². The van der Waals surface area contributed by atoms with E-state index in [2.05, 4.69) is 27.4 Å². The van der Waals surface area contributed by atoms with E-state index in [0.29, 0.717) is 29.8 Å². The third-order valence-electron chi connectivity index (χ3n) is 4.45. The SMILES string of the molecule is C=NNc1ccccc1C(=O)N1C[C@H](n2ncc(C=O)n2)CC[C@H]1C. The number of para-hydroxylation sites is 1. The number of carbonyl (C=O) groups excluding carboxylic acids is 2. The molecule has 1 saturated heterocycles. The van der Waals surface area contributed by atoms with Crippen molar-refractivity contribution in [1.29, 1.82) is 0 Å². The van der Waals surface area contributed by atoms with Crippen LogP contribution in [0.25, 0.3) is 0 Å². The Morgan fingerprint density at radius 2 is 2.20 bits per heavy atom. The van der Waals surface area contributed by atoms with Crippen LogP contribution in [0.3, 0.4) is 0 Å². The molecule has 0 aliphatic carbocycles. The lowest BCUT2D eigenvalue weighted by molar-refractivity contribution is 0.0547. The molecule has 2 heterocycles. The monoisotopic (exact) mass is 340 g/mol. The van der Waals surface area contributed by atoms with Gasteiger partial charge < -0.3 is 4.90 Å². The highest BCUT2D eigenvalue weighted by Crippen LogP contribution is 2.28. The summed E-state index contributed by atoms with van der Waals surface area (Å²) >= 11 is 0. The maximum atomic E-state index is 13.1. The Morgan fingerprint density at radius 3 is 2.92 bits per heavy atom. The molecule has 1 amide bonds. The van der Waals surface area contributed by atoms with E-state index in [1.54, 1.807) is 12.1 Å². The summed E-state index contributed by atoms with van der Waals surface area (Å²) in [6.45, 7) is 5.93. The number of amides is 1. The summed E-state index contributed by atoms with van der Waals surface area (Å²) in [7, 11) is 0. The van der Waals surface area contributed by atoms with Gasteiger partial charge >= 0.3 is 0 Å². The predicted octanol–water partition coefficient (Wildman–Crippen LogP) is 1.98. The van der Waals surface area contributed by atoms with Gasteiger partial charge in [0.05, 0.1) is 23.5 Å². The van der Waals surface area contributed by atoms with Crippen molar-refractivity contribution in [3.63, 3.8) is 0 Å². The molecule has 8 nitrogen and oxygen atoms in total. The molecule has 3 rings (SSSR count). The minimum absolute atomic E-state index is 0.0495. The zero-order chi connectivity index (χ0) is 17.8. The Labute approximate surface area is 145 Å². The number of rotatable bonds is 5. The van der Waals surface area contributed by atoms with Crippen molar-refractivity contribution < 1.29 is 9.59 Å². The van der Waals surface area contributed by atoms with E-state index >= 15 is 0 Å². The van der Waals surface area contributed by atoms with E-state index in [4.69, 9.17) is 0 Å².